The van der Waals surface area contributed by atoms with Crippen LogP contribution in [0.25, 0.3) is 0 Å². The predicted octanol–water partition coefficient (Wildman–Crippen LogP) is 2.35. The van der Waals surface area contributed by atoms with E-state index in [1.165, 1.54) is 6.42 Å². The Morgan fingerprint density at radius 3 is 2.84 bits per heavy atom. The van der Waals surface area contributed by atoms with Crippen LogP contribution in [-0.4, -0.2) is 29.8 Å². The van der Waals surface area contributed by atoms with E-state index in [9.17, 15) is 0 Å². The number of ether oxygens (including phenoxy) is 1. The first kappa shape index (κ1) is 14.5. The molecule has 2 unspecified atom stereocenters. The van der Waals surface area contributed by atoms with Crippen LogP contribution >= 0.6 is 0 Å². The summed E-state index contributed by atoms with van der Waals surface area (Å²) in [6.07, 6.45) is 1.94. The highest BCUT2D eigenvalue weighted by Crippen LogP contribution is 2.34. The Kier molecular flexibility index (Phi) is 4.58. The second-order valence-electron chi connectivity index (χ2n) is 6.31. The first-order valence-electron chi connectivity index (χ1n) is 7.15. The lowest BCUT2D eigenvalue weighted by atomic mass is 9.88. The first-order chi connectivity index (χ1) is 9.00. The van der Waals surface area contributed by atoms with Crippen LogP contribution in [0.3, 0.4) is 0 Å². The van der Waals surface area contributed by atoms with Crippen molar-refractivity contribution < 1.29 is 9.26 Å². The van der Waals surface area contributed by atoms with Crippen LogP contribution < -0.4 is 5.32 Å². The second kappa shape index (κ2) is 6.01. The van der Waals surface area contributed by atoms with E-state index in [-0.39, 0.29) is 11.5 Å². The summed E-state index contributed by atoms with van der Waals surface area (Å²) in [6, 6.07) is 0. The van der Waals surface area contributed by atoms with Gasteiger partial charge >= 0.3 is 0 Å². The minimum absolute atomic E-state index is 0.0356. The highest BCUT2D eigenvalue weighted by atomic mass is 16.5. The van der Waals surface area contributed by atoms with E-state index in [2.05, 4.69) is 36.2 Å². The fraction of sp³-hybridized carbons (Fsp3) is 0.857. The highest BCUT2D eigenvalue weighted by Gasteiger charge is 2.31. The van der Waals surface area contributed by atoms with Crippen molar-refractivity contribution in [3.8, 4) is 0 Å². The molecule has 0 bridgehead atoms. The van der Waals surface area contributed by atoms with Gasteiger partial charge in [-0.25, -0.2) is 0 Å². The third-order valence-corrected chi connectivity index (χ3v) is 3.46. The molecule has 1 aromatic heterocycles. The molecule has 1 aliphatic heterocycles. The van der Waals surface area contributed by atoms with Crippen LogP contribution in [0.1, 0.15) is 51.9 Å². The summed E-state index contributed by atoms with van der Waals surface area (Å²) < 4.78 is 11.2. The van der Waals surface area contributed by atoms with E-state index in [0.717, 1.165) is 25.4 Å². The zero-order valence-corrected chi connectivity index (χ0v) is 12.4. The zero-order valence-electron chi connectivity index (χ0n) is 12.4. The van der Waals surface area contributed by atoms with Gasteiger partial charge in [0.15, 0.2) is 0 Å². The number of nitrogens with one attached hydrogen (secondary N) is 1. The van der Waals surface area contributed by atoms with Gasteiger partial charge in [-0.1, -0.05) is 25.9 Å². The molecule has 0 spiro atoms. The third kappa shape index (κ3) is 3.76. The Morgan fingerprint density at radius 1 is 1.47 bits per heavy atom. The number of aromatic nitrogens is 2. The van der Waals surface area contributed by atoms with Gasteiger partial charge in [0.25, 0.3) is 0 Å². The Morgan fingerprint density at radius 2 is 2.26 bits per heavy atom. The van der Waals surface area contributed by atoms with Gasteiger partial charge in [0, 0.05) is 13.0 Å². The zero-order chi connectivity index (χ0) is 13.9. The van der Waals surface area contributed by atoms with Crippen LogP contribution in [-0.2, 0) is 11.2 Å². The maximum Gasteiger partial charge on any atom is 0.227 e. The molecule has 5 heteroatoms. The first-order valence-corrected chi connectivity index (χ1v) is 7.15. The summed E-state index contributed by atoms with van der Waals surface area (Å²) in [7, 11) is 0. The average molecular weight is 267 g/mol. The van der Waals surface area contributed by atoms with Crippen molar-refractivity contribution >= 4 is 0 Å². The Hall–Kier alpha value is -0.940. The van der Waals surface area contributed by atoms with Gasteiger partial charge in [0.1, 0.15) is 6.10 Å². The van der Waals surface area contributed by atoms with Crippen molar-refractivity contribution in [2.24, 2.45) is 11.3 Å². The quantitative estimate of drug-likeness (QED) is 0.887. The lowest BCUT2D eigenvalue weighted by Gasteiger charge is -2.27. The minimum Gasteiger partial charge on any atom is -0.370 e. The van der Waals surface area contributed by atoms with Gasteiger partial charge in [-0.2, -0.15) is 4.98 Å². The van der Waals surface area contributed by atoms with Crippen LogP contribution in [0.2, 0.25) is 0 Å². The summed E-state index contributed by atoms with van der Waals surface area (Å²) in [6.45, 7) is 11.2. The molecule has 0 aliphatic carbocycles. The SMILES string of the molecule is CCOC(c1noc(CC2CCNC2)n1)C(C)(C)C. The molecule has 1 aromatic rings. The van der Waals surface area contributed by atoms with Crippen LogP contribution in [0.5, 0.6) is 0 Å². The summed E-state index contributed by atoms with van der Waals surface area (Å²) >= 11 is 0. The van der Waals surface area contributed by atoms with Crippen molar-refractivity contribution in [1.82, 2.24) is 15.5 Å². The molecular weight excluding hydrogens is 242 g/mol. The van der Waals surface area contributed by atoms with E-state index in [4.69, 9.17) is 9.26 Å². The maximum absolute atomic E-state index is 5.78. The summed E-state index contributed by atoms with van der Waals surface area (Å²) in [5.74, 6) is 2.03. The lowest BCUT2D eigenvalue weighted by Crippen LogP contribution is -2.22. The van der Waals surface area contributed by atoms with Gasteiger partial charge in [-0.05, 0) is 37.8 Å². The summed E-state index contributed by atoms with van der Waals surface area (Å²) in [5, 5.41) is 7.46. The van der Waals surface area contributed by atoms with Gasteiger partial charge in [-0.15, -0.1) is 0 Å². The molecule has 0 aromatic carbocycles. The van der Waals surface area contributed by atoms with Gasteiger partial charge in [0.05, 0.1) is 0 Å². The smallest absolute Gasteiger partial charge is 0.227 e. The molecule has 19 heavy (non-hydrogen) atoms. The Labute approximate surface area is 115 Å². The van der Waals surface area contributed by atoms with E-state index >= 15 is 0 Å². The molecule has 2 atom stereocenters. The van der Waals surface area contributed by atoms with E-state index in [1.807, 2.05) is 6.92 Å². The maximum atomic E-state index is 5.78. The fourth-order valence-electron chi connectivity index (χ4n) is 2.47. The molecule has 0 radical (unpaired) electrons. The standard InChI is InChI=1S/C14H25N3O2/c1-5-18-12(14(2,3)4)13-16-11(19-17-13)8-10-6-7-15-9-10/h10,12,15H,5-9H2,1-4H3. The highest BCUT2D eigenvalue weighted by molar-refractivity contribution is 4.97. The second-order valence-corrected chi connectivity index (χ2v) is 6.31. The largest absolute Gasteiger partial charge is 0.370 e. The van der Waals surface area contributed by atoms with Crippen molar-refractivity contribution in [3.05, 3.63) is 11.7 Å². The normalized spacial score (nSPS) is 21.8. The molecule has 1 N–H and O–H groups in total. The predicted molar refractivity (Wildman–Crippen MR) is 72.8 cm³/mol. The van der Waals surface area contributed by atoms with Crippen molar-refractivity contribution in [2.45, 2.75) is 46.6 Å². The van der Waals surface area contributed by atoms with Gasteiger partial charge in [0.2, 0.25) is 11.7 Å². The van der Waals surface area contributed by atoms with Crippen molar-refractivity contribution in [3.63, 3.8) is 0 Å². The topological polar surface area (TPSA) is 60.2 Å². The molecule has 1 fully saturated rings. The van der Waals surface area contributed by atoms with E-state index in [0.29, 0.717) is 18.3 Å². The number of nitrogens with zero attached hydrogens (tertiary/aromatic N) is 2. The minimum atomic E-state index is -0.114. The fourth-order valence-corrected chi connectivity index (χ4v) is 2.47. The molecule has 108 valence electrons. The van der Waals surface area contributed by atoms with Crippen LogP contribution in [0, 0.1) is 11.3 Å². The average Bonchev–Trinajstić information content (AvgIpc) is 2.96. The van der Waals surface area contributed by atoms with Crippen molar-refractivity contribution in [2.75, 3.05) is 19.7 Å². The summed E-state index contributed by atoms with van der Waals surface area (Å²) in [4.78, 5) is 4.53. The number of hydrogen-bond acceptors (Lipinski definition) is 5. The number of hydrogen-bond donors (Lipinski definition) is 1. The third-order valence-electron chi connectivity index (χ3n) is 3.46. The Bertz CT molecular complexity index is 392. The van der Waals surface area contributed by atoms with E-state index < -0.39 is 0 Å². The number of rotatable bonds is 5. The van der Waals surface area contributed by atoms with Crippen LogP contribution in [0.4, 0.5) is 0 Å². The summed E-state index contributed by atoms with van der Waals surface area (Å²) in [5.41, 5.74) is -0.0356. The molecule has 0 amide bonds. The molecular formula is C14H25N3O2. The van der Waals surface area contributed by atoms with Crippen molar-refractivity contribution in [1.29, 1.82) is 0 Å². The van der Waals surface area contributed by atoms with E-state index in [1.54, 1.807) is 0 Å². The van der Waals surface area contributed by atoms with Gasteiger partial charge in [-0.3, -0.25) is 0 Å². The van der Waals surface area contributed by atoms with Gasteiger partial charge < -0.3 is 14.6 Å². The monoisotopic (exact) mass is 267 g/mol. The molecule has 2 rings (SSSR count). The lowest BCUT2D eigenvalue weighted by molar-refractivity contribution is -0.0203. The molecule has 0 saturated carbocycles. The molecule has 5 nitrogen and oxygen atoms in total. The Balaban J connectivity index is 2.05. The molecule has 1 aliphatic rings. The molecule has 1 saturated heterocycles. The van der Waals surface area contributed by atoms with Crippen LogP contribution in [0.15, 0.2) is 4.52 Å². The molecule has 2 heterocycles.